The van der Waals surface area contributed by atoms with Crippen LogP contribution in [0.3, 0.4) is 0 Å². The Balaban J connectivity index is 1.57. The van der Waals surface area contributed by atoms with Crippen LogP contribution in [0.1, 0.15) is 63.2 Å². The van der Waals surface area contributed by atoms with Crippen molar-refractivity contribution in [1.82, 2.24) is 4.90 Å². The molecule has 0 bridgehead atoms. The summed E-state index contributed by atoms with van der Waals surface area (Å²) in [5.41, 5.74) is 1.87. The van der Waals surface area contributed by atoms with E-state index in [9.17, 15) is 14.4 Å². The molecule has 0 aromatic heterocycles. The molecule has 1 saturated carbocycles. The Bertz CT molecular complexity index is 870. The lowest BCUT2D eigenvalue weighted by Gasteiger charge is -2.29. The quantitative estimate of drug-likeness (QED) is 0.856. The molecule has 2 aromatic carbocycles. The predicted molar refractivity (Wildman–Crippen MR) is 98.2 cm³/mol. The van der Waals surface area contributed by atoms with Crippen molar-refractivity contribution in [3.05, 3.63) is 65.2 Å². The number of anilines is 1. The number of fused-ring (bicyclic) bond motifs is 1. The maximum atomic E-state index is 12.8. The van der Waals surface area contributed by atoms with Crippen LogP contribution in [0.15, 0.2) is 48.5 Å². The van der Waals surface area contributed by atoms with Crippen molar-refractivity contribution in [1.29, 1.82) is 0 Å². The van der Waals surface area contributed by atoms with E-state index in [1.165, 1.54) is 4.90 Å². The summed E-state index contributed by atoms with van der Waals surface area (Å²) in [7, 11) is 0. The third-order valence-electron chi connectivity index (χ3n) is 5.15. The van der Waals surface area contributed by atoms with Crippen molar-refractivity contribution < 1.29 is 14.4 Å². The first-order valence-corrected chi connectivity index (χ1v) is 9.03. The topological polar surface area (TPSA) is 66.5 Å². The van der Waals surface area contributed by atoms with E-state index < -0.39 is 0 Å². The first-order chi connectivity index (χ1) is 12.6. The fourth-order valence-corrected chi connectivity index (χ4v) is 3.80. The Labute approximate surface area is 152 Å². The van der Waals surface area contributed by atoms with Crippen LogP contribution in [0.25, 0.3) is 0 Å². The van der Waals surface area contributed by atoms with Gasteiger partial charge in [0.25, 0.3) is 17.7 Å². The van der Waals surface area contributed by atoms with E-state index in [0.717, 1.165) is 32.1 Å². The molecule has 0 unspecified atom stereocenters. The average Bonchev–Trinajstić information content (AvgIpc) is 2.93. The second-order valence-electron chi connectivity index (χ2n) is 6.85. The van der Waals surface area contributed by atoms with Crippen LogP contribution in [0.2, 0.25) is 0 Å². The van der Waals surface area contributed by atoms with Gasteiger partial charge in [-0.3, -0.25) is 19.3 Å². The van der Waals surface area contributed by atoms with E-state index in [1.54, 1.807) is 42.5 Å². The van der Waals surface area contributed by atoms with Gasteiger partial charge in [-0.05, 0) is 43.2 Å². The number of nitrogens with zero attached hydrogens (tertiary/aromatic N) is 1. The number of imide groups is 1. The molecule has 5 heteroatoms. The van der Waals surface area contributed by atoms with Crippen LogP contribution in [-0.2, 0) is 0 Å². The van der Waals surface area contributed by atoms with Gasteiger partial charge in [-0.25, -0.2) is 0 Å². The molecule has 132 valence electrons. The summed E-state index contributed by atoms with van der Waals surface area (Å²) in [5, 5.41) is 2.80. The van der Waals surface area contributed by atoms with Crippen LogP contribution in [0.4, 0.5) is 5.69 Å². The molecule has 26 heavy (non-hydrogen) atoms. The standard InChI is InChI=1S/C21H20N2O3/c24-19(14-7-3-1-4-8-14)22-15-11-12-17-18(13-15)21(26)23(20(17)25)16-9-5-2-6-10-16/h1,3-4,7-8,11-13,16H,2,5-6,9-10H2,(H,22,24). The summed E-state index contributed by atoms with van der Waals surface area (Å²) in [6.07, 6.45) is 5.02. The SMILES string of the molecule is O=C(Nc1ccc2c(c1)C(=O)N(C1CCCCC1)C2=O)c1ccccc1. The molecule has 1 aliphatic heterocycles. The molecule has 0 spiro atoms. The largest absolute Gasteiger partial charge is 0.322 e. The molecule has 0 saturated heterocycles. The highest BCUT2D eigenvalue weighted by molar-refractivity contribution is 6.22. The smallest absolute Gasteiger partial charge is 0.261 e. The lowest BCUT2D eigenvalue weighted by atomic mass is 9.94. The Morgan fingerprint density at radius 3 is 2.31 bits per heavy atom. The second-order valence-corrected chi connectivity index (χ2v) is 6.85. The minimum Gasteiger partial charge on any atom is -0.322 e. The van der Waals surface area contributed by atoms with Gasteiger partial charge in [0.1, 0.15) is 0 Å². The molecule has 4 rings (SSSR count). The fourth-order valence-electron chi connectivity index (χ4n) is 3.80. The number of rotatable bonds is 3. The van der Waals surface area contributed by atoms with Gasteiger partial charge in [0.05, 0.1) is 11.1 Å². The number of amides is 3. The Morgan fingerprint density at radius 2 is 1.58 bits per heavy atom. The van der Waals surface area contributed by atoms with E-state index in [1.807, 2.05) is 6.07 Å². The van der Waals surface area contributed by atoms with Gasteiger partial charge in [0.15, 0.2) is 0 Å². The predicted octanol–water partition coefficient (Wildman–Crippen LogP) is 3.87. The van der Waals surface area contributed by atoms with Gasteiger partial charge in [-0.2, -0.15) is 0 Å². The van der Waals surface area contributed by atoms with E-state index in [4.69, 9.17) is 0 Å². The van der Waals surface area contributed by atoms with Crippen molar-refractivity contribution in [2.45, 2.75) is 38.1 Å². The lowest BCUT2D eigenvalue weighted by molar-refractivity contribution is 0.0548. The Morgan fingerprint density at radius 1 is 0.885 bits per heavy atom. The lowest BCUT2D eigenvalue weighted by Crippen LogP contribution is -2.40. The zero-order valence-electron chi connectivity index (χ0n) is 14.4. The fraction of sp³-hybridized carbons (Fsp3) is 0.286. The molecular weight excluding hydrogens is 328 g/mol. The number of nitrogens with one attached hydrogen (secondary N) is 1. The minimum atomic E-state index is -0.244. The zero-order chi connectivity index (χ0) is 18.1. The molecular formula is C21H20N2O3. The normalized spacial score (nSPS) is 17.3. The van der Waals surface area contributed by atoms with Crippen molar-refractivity contribution in [3.8, 4) is 0 Å². The molecule has 2 aliphatic rings. The molecule has 0 radical (unpaired) electrons. The van der Waals surface area contributed by atoms with Gasteiger partial charge in [-0.1, -0.05) is 37.5 Å². The van der Waals surface area contributed by atoms with Crippen molar-refractivity contribution in [2.75, 3.05) is 5.32 Å². The summed E-state index contributed by atoms with van der Waals surface area (Å²) in [6.45, 7) is 0. The third-order valence-corrected chi connectivity index (χ3v) is 5.15. The molecule has 0 atom stereocenters. The highest BCUT2D eigenvalue weighted by Crippen LogP contribution is 2.32. The second kappa shape index (κ2) is 6.75. The van der Waals surface area contributed by atoms with Crippen LogP contribution in [-0.4, -0.2) is 28.7 Å². The van der Waals surface area contributed by atoms with Crippen LogP contribution < -0.4 is 5.32 Å². The van der Waals surface area contributed by atoms with Crippen LogP contribution >= 0.6 is 0 Å². The van der Waals surface area contributed by atoms with Crippen LogP contribution in [0.5, 0.6) is 0 Å². The minimum absolute atomic E-state index is 0.00138. The maximum absolute atomic E-state index is 12.8. The average molecular weight is 348 g/mol. The Hall–Kier alpha value is -2.95. The summed E-state index contributed by atoms with van der Waals surface area (Å²) in [6, 6.07) is 13.8. The first kappa shape index (κ1) is 16.5. The van der Waals surface area contributed by atoms with E-state index in [2.05, 4.69) is 5.32 Å². The van der Waals surface area contributed by atoms with Gasteiger partial charge < -0.3 is 5.32 Å². The zero-order valence-corrected chi connectivity index (χ0v) is 14.4. The van der Waals surface area contributed by atoms with E-state index in [0.29, 0.717) is 22.4 Å². The molecule has 1 fully saturated rings. The maximum Gasteiger partial charge on any atom is 0.261 e. The Kier molecular flexibility index (Phi) is 4.29. The third kappa shape index (κ3) is 2.90. The molecule has 2 aromatic rings. The molecule has 5 nitrogen and oxygen atoms in total. The summed E-state index contributed by atoms with van der Waals surface area (Å²) in [4.78, 5) is 39.2. The monoisotopic (exact) mass is 348 g/mol. The highest BCUT2D eigenvalue weighted by atomic mass is 16.2. The number of carbonyl (C=O) groups excluding carboxylic acids is 3. The first-order valence-electron chi connectivity index (χ1n) is 9.03. The van der Waals surface area contributed by atoms with Crippen molar-refractivity contribution in [2.24, 2.45) is 0 Å². The molecule has 3 amide bonds. The summed E-state index contributed by atoms with van der Waals surface area (Å²) >= 11 is 0. The van der Waals surface area contributed by atoms with Crippen molar-refractivity contribution >= 4 is 23.4 Å². The van der Waals surface area contributed by atoms with Gasteiger partial charge >= 0.3 is 0 Å². The summed E-state index contributed by atoms with van der Waals surface area (Å²) < 4.78 is 0. The van der Waals surface area contributed by atoms with E-state index in [-0.39, 0.29) is 23.8 Å². The van der Waals surface area contributed by atoms with Crippen LogP contribution in [0, 0.1) is 0 Å². The summed E-state index contributed by atoms with van der Waals surface area (Å²) in [5.74, 6) is -0.697. The van der Waals surface area contributed by atoms with Crippen molar-refractivity contribution in [3.63, 3.8) is 0 Å². The number of hydrogen-bond donors (Lipinski definition) is 1. The van der Waals surface area contributed by atoms with Gasteiger partial charge in [0, 0.05) is 17.3 Å². The van der Waals surface area contributed by atoms with Gasteiger partial charge in [0.2, 0.25) is 0 Å². The van der Waals surface area contributed by atoms with Gasteiger partial charge in [-0.15, -0.1) is 0 Å². The number of benzene rings is 2. The molecule has 1 aliphatic carbocycles. The molecule has 1 heterocycles. The number of carbonyl (C=O) groups is 3. The molecule has 1 N–H and O–H groups in total. The highest BCUT2D eigenvalue weighted by Gasteiger charge is 2.40. The number of hydrogen-bond acceptors (Lipinski definition) is 3. The van der Waals surface area contributed by atoms with E-state index >= 15 is 0 Å².